The SMILES string of the molecule is O=C(CCc1nc(-c2ccc(Cl)cc2)no1)NCCOc1ccc2c(c1)CCC(=O)N2. The Labute approximate surface area is 183 Å². The minimum atomic E-state index is -0.122. The maximum Gasteiger partial charge on any atom is 0.227 e. The van der Waals surface area contributed by atoms with Crippen LogP contribution in [0.1, 0.15) is 24.3 Å². The zero-order chi connectivity index (χ0) is 21.6. The van der Waals surface area contributed by atoms with Gasteiger partial charge in [0.15, 0.2) is 0 Å². The van der Waals surface area contributed by atoms with Crippen LogP contribution in [0.25, 0.3) is 11.4 Å². The molecule has 4 rings (SSSR count). The second kappa shape index (κ2) is 9.61. The van der Waals surface area contributed by atoms with E-state index in [2.05, 4.69) is 20.8 Å². The number of anilines is 1. The molecule has 1 aliphatic rings. The molecule has 9 heteroatoms. The molecule has 8 nitrogen and oxygen atoms in total. The largest absolute Gasteiger partial charge is 0.492 e. The summed E-state index contributed by atoms with van der Waals surface area (Å²) < 4.78 is 10.9. The number of carbonyl (C=O) groups is 2. The van der Waals surface area contributed by atoms with E-state index in [4.69, 9.17) is 20.9 Å². The molecule has 0 bridgehead atoms. The monoisotopic (exact) mass is 440 g/mol. The Morgan fingerprint density at radius 3 is 2.87 bits per heavy atom. The molecule has 0 atom stereocenters. The third kappa shape index (κ3) is 5.61. The number of hydrogen-bond donors (Lipinski definition) is 2. The van der Waals surface area contributed by atoms with Gasteiger partial charge in [-0.15, -0.1) is 0 Å². The van der Waals surface area contributed by atoms with Gasteiger partial charge < -0.3 is 19.9 Å². The van der Waals surface area contributed by atoms with E-state index < -0.39 is 0 Å². The van der Waals surface area contributed by atoms with Crippen molar-refractivity contribution in [2.75, 3.05) is 18.5 Å². The minimum absolute atomic E-state index is 0.0330. The van der Waals surface area contributed by atoms with E-state index in [-0.39, 0.29) is 18.2 Å². The normalized spacial score (nSPS) is 12.7. The van der Waals surface area contributed by atoms with Gasteiger partial charge in [-0.1, -0.05) is 16.8 Å². The number of fused-ring (bicyclic) bond motifs is 1. The minimum Gasteiger partial charge on any atom is -0.492 e. The van der Waals surface area contributed by atoms with Crippen molar-refractivity contribution >= 4 is 29.1 Å². The van der Waals surface area contributed by atoms with Crippen LogP contribution in [0.5, 0.6) is 5.75 Å². The van der Waals surface area contributed by atoms with Gasteiger partial charge in [-0.3, -0.25) is 9.59 Å². The van der Waals surface area contributed by atoms with Gasteiger partial charge in [-0.05, 0) is 54.4 Å². The fourth-order valence-corrected chi connectivity index (χ4v) is 3.32. The Morgan fingerprint density at radius 1 is 1.19 bits per heavy atom. The summed E-state index contributed by atoms with van der Waals surface area (Å²) in [5.41, 5.74) is 2.68. The lowest BCUT2D eigenvalue weighted by atomic mass is 10.0. The molecule has 2 aromatic carbocycles. The summed E-state index contributed by atoms with van der Waals surface area (Å²) in [7, 11) is 0. The standard InChI is InChI=1S/C22H21ClN4O4/c23-16-4-1-14(2-5-16)22-26-21(31-27-22)10-9-19(28)24-11-12-30-17-6-7-18-15(13-17)3-8-20(29)25-18/h1-2,4-7,13H,3,8-12H2,(H,24,28)(H,25,29). The smallest absolute Gasteiger partial charge is 0.227 e. The zero-order valence-electron chi connectivity index (χ0n) is 16.7. The van der Waals surface area contributed by atoms with Crippen molar-refractivity contribution in [3.05, 3.63) is 58.9 Å². The second-order valence-electron chi connectivity index (χ2n) is 7.08. The van der Waals surface area contributed by atoms with Gasteiger partial charge >= 0.3 is 0 Å². The van der Waals surface area contributed by atoms with Crippen molar-refractivity contribution in [2.45, 2.75) is 25.7 Å². The van der Waals surface area contributed by atoms with Crippen molar-refractivity contribution in [1.29, 1.82) is 0 Å². The number of halogens is 1. The molecule has 0 unspecified atom stereocenters. The quantitative estimate of drug-likeness (QED) is 0.520. The molecular formula is C22H21ClN4O4. The van der Waals surface area contributed by atoms with Gasteiger partial charge in [-0.2, -0.15) is 4.98 Å². The molecule has 1 aliphatic heterocycles. The highest BCUT2D eigenvalue weighted by Crippen LogP contribution is 2.26. The van der Waals surface area contributed by atoms with Crippen molar-refractivity contribution in [2.24, 2.45) is 0 Å². The van der Waals surface area contributed by atoms with Gasteiger partial charge in [-0.25, -0.2) is 0 Å². The first kappa shape index (κ1) is 20.9. The van der Waals surface area contributed by atoms with Crippen LogP contribution in [0.3, 0.4) is 0 Å². The summed E-state index contributed by atoms with van der Waals surface area (Å²) in [5.74, 6) is 1.49. The average Bonchev–Trinajstić information content (AvgIpc) is 3.25. The second-order valence-corrected chi connectivity index (χ2v) is 7.52. The summed E-state index contributed by atoms with van der Waals surface area (Å²) in [5, 5.41) is 10.2. The molecule has 2 amide bonds. The van der Waals surface area contributed by atoms with Crippen molar-refractivity contribution in [1.82, 2.24) is 15.5 Å². The number of nitrogens with one attached hydrogen (secondary N) is 2. The number of ether oxygens (including phenoxy) is 1. The molecule has 2 heterocycles. The molecule has 0 saturated carbocycles. The van der Waals surface area contributed by atoms with Gasteiger partial charge in [0.2, 0.25) is 23.5 Å². The van der Waals surface area contributed by atoms with Gasteiger partial charge in [0.1, 0.15) is 12.4 Å². The first-order chi connectivity index (χ1) is 15.1. The van der Waals surface area contributed by atoms with Crippen LogP contribution < -0.4 is 15.4 Å². The Hall–Kier alpha value is -3.39. The van der Waals surface area contributed by atoms with Gasteiger partial charge in [0.25, 0.3) is 0 Å². The molecule has 0 spiro atoms. The number of amides is 2. The molecule has 31 heavy (non-hydrogen) atoms. The lowest BCUT2D eigenvalue weighted by Gasteiger charge is -2.17. The number of hydrogen-bond acceptors (Lipinski definition) is 6. The van der Waals surface area contributed by atoms with Crippen LogP contribution in [-0.4, -0.2) is 35.1 Å². The number of rotatable bonds is 8. The summed E-state index contributed by atoms with van der Waals surface area (Å²) in [6.07, 6.45) is 1.77. The molecule has 0 radical (unpaired) electrons. The predicted octanol–water partition coefficient (Wildman–Crippen LogP) is 3.40. The summed E-state index contributed by atoms with van der Waals surface area (Å²) in [6, 6.07) is 12.7. The van der Waals surface area contributed by atoms with Crippen molar-refractivity contribution in [3.8, 4) is 17.1 Å². The van der Waals surface area contributed by atoms with E-state index in [1.807, 2.05) is 24.3 Å². The van der Waals surface area contributed by atoms with Crippen LogP contribution in [0.4, 0.5) is 5.69 Å². The van der Waals surface area contributed by atoms with Crippen LogP contribution in [-0.2, 0) is 22.4 Å². The molecule has 0 saturated heterocycles. The van der Waals surface area contributed by atoms with E-state index in [0.29, 0.717) is 54.9 Å². The number of benzene rings is 2. The van der Waals surface area contributed by atoms with Crippen molar-refractivity contribution < 1.29 is 18.8 Å². The van der Waals surface area contributed by atoms with Crippen LogP contribution >= 0.6 is 11.6 Å². The van der Waals surface area contributed by atoms with Gasteiger partial charge in [0.05, 0.1) is 6.54 Å². The molecule has 3 aromatic rings. The maximum absolute atomic E-state index is 12.1. The fraction of sp³-hybridized carbons (Fsp3) is 0.273. The van der Waals surface area contributed by atoms with Crippen LogP contribution in [0, 0.1) is 0 Å². The van der Waals surface area contributed by atoms with E-state index in [1.54, 1.807) is 18.2 Å². The molecule has 160 valence electrons. The van der Waals surface area contributed by atoms with Crippen LogP contribution in [0.2, 0.25) is 5.02 Å². The molecule has 0 aliphatic carbocycles. The third-order valence-electron chi connectivity index (χ3n) is 4.80. The maximum atomic E-state index is 12.1. The van der Waals surface area contributed by atoms with Crippen LogP contribution in [0.15, 0.2) is 47.0 Å². The zero-order valence-corrected chi connectivity index (χ0v) is 17.4. The van der Waals surface area contributed by atoms with E-state index in [0.717, 1.165) is 16.8 Å². The molecule has 2 N–H and O–H groups in total. The lowest BCUT2D eigenvalue weighted by Crippen LogP contribution is -2.28. The molecular weight excluding hydrogens is 420 g/mol. The Kier molecular flexibility index (Phi) is 6.47. The number of nitrogens with zero attached hydrogens (tertiary/aromatic N) is 2. The highest BCUT2D eigenvalue weighted by Gasteiger charge is 2.15. The first-order valence-electron chi connectivity index (χ1n) is 9.97. The Balaban J connectivity index is 1.17. The highest BCUT2D eigenvalue weighted by atomic mass is 35.5. The number of carbonyl (C=O) groups excluding carboxylic acids is 2. The van der Waals surface area contributed by atoms with Gasteiger partial charge in [0, 0.05) is 35.5 Å². The van der Waals surface area contributed by atoms with Crippen molar-refractivity contribution in [3.63, 3.8) is 0 Å². The number of aryl methyl sites for hydroxylation is 2. The van der Waals surface area contributed by atoms with E-state index >= 15 is 0 Å². The summed E-state index contributed by atoms with van der Waals surface area (Å²) in [4.78, 5) is 27.8. The fourth-order valence-electron chi connectivity index (χ4n) is 3.19. The number of aromatic nitrogens is 2. The Morgan fingerprint density at radius 2 is 2.03 bits per heavy atom. The van der Waals surface area contributed by atoms with E-state index in [1.165, 1.54) is 0 Å². The van der Waals surface area contributed by atoms with E-state index in [9.17, 15) is 9.59 Å². The predicted molar refractivity (Wildman–Crippen MR) is 115 cm³/mol. The molecule has 0 fully saturated rings. The average molecular weight is 441 g/mol. The Bertz CT molecular complexity index is 1080. The highest BCUT2D eigenvalue weighted by molar-refractivity contribution is 6.30. The third-order valence-corrected chi connectivity index (χ3v) is 5.05. The first-order valence-corrected chi connectivity index (χ1v) is 10.4. The summed E-state index contributed by atoms with van der Waals surface area (Å²) in [6.45, 7) is 0.727. The summed E-state index contributed by atoms with van der Waals surface area (Å²) >= 11 is 5.88. The topological polar surface area (TPSA) is 106 Å². The lowest BCUT2D eigenvalue weighted by molar-refractivity contribution is -0.121. The molecule has 1 aromatic heterocycles.